The van der Waals surface area contributed by atoms with Crippen LogP contribution in [0.4, 0.5) is 13.2 Å². The van der Waals surface area contributed by atoms with Crippen LogP contribution in [0.2, 0.25) is 0 Å². The SMILES string of the molecule is CNCc1ccc(OCCC2CC2)c(C(F)(F)F)c1. The van der Waals surface area contributed by atoms with Gasteiger partial charge in [-0.25, -0.2) is 0 Å². The summed E-state index contributed by atoms with van der Waals surface area (Å²) in [5.74, 6) is 0.589. The Kier molecular flexibility index (Phi) is 4.34. The van der Waals surface area contributed by atoms with Crippen molar-refractivity contribution in [3.63, 3.8) is 0 Å². The standard InChI is InChI=1S/C14H18F3NO/c1-18-9-11-4-5-13(12(8-11)14(15,16)17)19-7-6-10-2-3-10/h4-5,8,10,18H,2-3,6-7,9H2,1H3. The van der Waals surface area contributed by atoms with Crippen LogP contribution in [0.1, 0.15) is 30.4 Å². The van der Waals surface area contributed by atoms with E-state index in [0.29, 0.717) is 24.6 Å². The third-order valence-corrected chi connectivity index (χ3v) is 3.21. The predicted molar refractivity (Wildman–Crippen MR) is 67.0 cm³/mol. The first kappa shape index (κ1) is 14.2. The number of halogens is 3. The van der Waals surface area contributed by atoms with Crippen LogP contribution in [-0.2, 0) is 12.7 Å². The summed E-state index contributed by atoms with van der Waals surface area (Å²) in [4.78, 5) is 0. The maximum atomic E-state index is 13.0. The van der Waals surface area contributed by atoms with E-state index in [-0.39, 0.29) is 5.75 Å². The summed E-state index contributed by atoms with van der Waals surface area (Å²) in [6.45, 7) is 0.768. The van der Waals surface area contributed by atoms with Crippen molar-refractivity contribution >= 4 is 0 Å². The van der Waals surface area contributed by atoms with Crippen LogP contribution in [-0.4, -0.2) is 13.7 Å². The highest BCUT2D eigenvalue weighted by atomic mass is 19.4. The Morgan fingerprint density at radius 3 is 2.63 bits per heavy atom. The summed E-state index contributed by atoms with van der Waals surface area (Å²) in [6.07, 6.45) is -1.18. The van der Waals surface area contributed by atoms with Crippen LogP contribution in [0.5, 0.6) is 5.75 Å². The molecule has 0 aromatic heterocycles. The quantitative estimate of drug-likeness (QED) is 0.855. The first-order chi connectivity index (χ1) is 9.00. The number of benzene rings is 1. The summed E-state index contributed by atoms with van der Waals surface area (Å²) in [5.41, 5.74) is -0.0829. The summed E-state index contributed by atoms with van der Waals surface area (Å²) in [5, 5.41) is 2.84. The minimum atomic E-state index is -4.38. The van der Waals surface area contributed by atoms with Gasteiger partial charge >= 0.3 is 6.18 Å². The molecular formula is C14H18F3NO. The van der Waals surface area contributed by atoms with Crippen LogP contribution >= 0.6 is 0 Å². The normalized spacial score (nSPS) is 15.6. The van der Waals surface area contributed by atoms with Gasteiger partial charge in [-0.15, -0.1) is 0 Å². The summed E-state index contributed by atoms with van der Waals surface area (Å²) < 4.78 is 44.2. The van der Waals surface area contributed by atoms with Crippen LogP contribution in [0, 0.1) is 5.92 Å². The number of ether oxygens (including phenoxy) is 1. The molecule has 1 aromatic carbocycles. The second kappa shape index (κ2) is 5.82. The van der Waals surface area contributed by atoms with E-state index in [4.69, 9.17) is 4.74 Å². The van der Waals surface area contributed by atoms with Gasteiger partial charge in [-0.2, -0.15) is 13.2 Å². The molecule has 19 heavy (non-hydrogen) atoms. The Labute approximate surface area is 111 Å². The molecule has 1 aliphatic rings. The zero-order valence-electron chi connectivity index (χ0n) is 10.9. The molecule has 0 radical (unpaired) electrons. The van der Waals surface area contributed by atoms with E-state index < -0.39 is 11.7 Å². The van der Waals surface area contributed by atoms with Gasteiger partial charge in [0.05, 0.1) is 12.2 Å². The van der Waals surface area contributed by atoms with Crippen molar-refractivity contribution in [3.8, 4) is 5.75 Å². The minimum absolute atomic E-state index is 0.0620. The molecule has 0 unspecified atom stereocenters. The van der Waals surface area contributed by atoms with Crippen molar-refractivity contribution in [2.24, 2.45) is 5.92 Å². The predicted octanol–water partition coefficient (Wildman–Crippen LogP) is 3.60. The lowest BCUT2D eigenvalue weighted by molar-refractivity contribution is -0.139. The van der Waals surface area contributed by atoms with Crippen molar-refractivity contribution in [2.45, 2.75) is 32.0 Å². The Morgan fingerprint density at radius 2 is 2.05 bits per heavy atom. The van der Waals surface area contributed by atoms with E-state index in [0.717, 1.165) is 12.5 Å². The van der Waals surface area contributed by atoms with E-state index in [1.54, 1.807) is 13.1 Å². The molecule has 0 aliphatic heterocycles. The van der Waals surface area contributed by atoms with Crippen LogP contribution in [0.25, 0.3) is 0 Å². The van der Waals surface area contributed by atoms with Crippen molar-refractivity contribution in [2.75, 3.05) is 13.7 Å². The van der Waals surface area contributed by atoms with E-state index in [1.807, 2.05) is 0 Å². The van der Waals surface area contributed by atoms with Gasteiger partial charge in [-0.1, -0.05) is 18.9 Å². The van der Waals surface area contributed by atoms with Crippen molar-refractivity contribution in [1.29, 1.82) is 0 Å². The smallest absolute Gasteiger partial charge is 0.419 e. The molecule has 1 aromatic rings. The highest BCUT2D eigenvalue weighted by Gasteiger charge is 2.34. The molecule has 1 aliphatic carbocycles. The van der Waals surface area contributed by atoms with Crippen molar-refractivity contribution in [1.82, 2.24) is 5.32 Å². The van der Waals surface area contributed by atoms with Gasteiger partial charge in [0, 0.05) is 6.54 Å². The third-order valence-electron chi connectivity index (χ3n) is 3.21. The molecule has 0 saturated heterocycles. The molecule has 2 rings (SSSR count). The van der Waals surface area contributed by atoms with E-state index >= 15 is 0 Å². The van der Waals surface area contributed by atoms with Crippen LogP contribution < -0.4 is 10.1 Å². The molecular weight excluding hydrogens is 255 g/mol. The first-order valence-corrected chi connectivity index (χ1v) is 6.48. The Morgan fingerprint density at radius 1 is 1.32 bits per heavy atom. The number of hydrogen-bond donors (Lipinski definition) is 1. The number of rotatable bonds is 6. The zero-order chi connectivity index (χ0) is 13.9. The van der Waals surface area contributed by atoms with Crippen LogP contribution in [0.15, 0.2) is 18.2 Å². The molecule has 1 fully saturated rings. The fourth-order valence-corrected chi connectivity index (χ4v) is 1.98. The topological polar surface area (TPSA) is 21.3 Å². The molecule has 0 amide bonds. The molecule has 1 saturated carbocycles. The van der Waals surface area contributed by atoms with Crippen molar-refractivity contribution < 1.29 is 17.9 Å². The maximum Gasteiger partial charge on any atom is 0.419 e. The first-order valence-electron chi connectivity index (χ1n) is 6.48. The largest absolute Gasteiger partial charge is 0.493 e. The van der Waals surface area contributed by atoms with E-state index in [2.05, 4.69) is 5.32 Å². The molecule has 0 atom stereocenters. The van der Waals surface area contributed by atoms with Gasteiger partial charge in [0.15, 0.2) is 0 Å². The molecule has 5 heteroatoms. The van der Waals surface area contributed by atoms with Gasteiger partial charge in [0.2, 0.25) is 0 Å². The molecule has 0 heterocycles. The van der Waals surface area contributed by atoms with Crippen molar-refractivity contribution in [3.05, 3.63) is 29.3 Å². The highest BCUT2D eigenvalue weighted by molar-refractivity contribution is 5.39. The lowest BCUT2D eigenvalue weighted by atomic mass is 10.1. The summed E-state index contributed by atoms with van der Waals surface area (Å²) in [6, 6.07) is 4.24. The fourth-order valence-electron chi connectivity index (χ4n) is 1.98. The van der Waals surface area contributed by atoms with E-state index in [1.165, 1.54) is 18.9 Å². The molecule has 0 bridgehead atoms. The second-order valence-electron chi connectivity index (χ2n) is 4.94. The number of nitrogens with one attached hydrogen (secondary N) is 1. The van der Waals surface area contributed by atoms with Gasteiger partial charge in [0.1, 0.15) is 5.75 Å². The van der Waals surface area contributed by atoms with Gasteiger partial charge in [-0.05, 0) is 37.1 Å². The monoisotopic (exact) mass is 273 g/mol. The fraction of sp³-hybridized carbons (Fsp3) is 0.571. The maximum absolute atomic E-state index is 13.0. The Bertz CT molecular complexity index is 427. The zero-order valence-corrected chi connectivity index (χ0v) is 10.9. The van der Waals surface area contributed by atoms with Gasteiger partial charge < -0.3 is 10.1 Å². The molecule has 2 nitrogen and oxygen atoms in total. The molecule has 1 N–H and O–H groups in total. The molecule has 106 valence electrons. The minimum Gasteiger partial charge on any atom is -0.493 e. The Balaban J connectivity index is 2.10. The van der Waals surface area contributed by atoms with Crippen LogP contribution in [0.3, 0.4) is 0 Å². The average Bonchev–Trinajstić information content (AvgIpc) is 3.14. The lowest BCUT2D eigenvalue weighted by Gasteiger charge is -2.15. The van der Waals surface area contributed by atoms with E-state index in [9.17, 15) is 13.2 Å². The van der Waals surface area contributed by atoms with Gasteiger partial charge in [0.25, 0.3) is 0 Å². The summed E-state index contributed by atoms with van der Waals surface area (Å²) in [7, 11) is 1.70. The number of alkyl halides is 3. The third kappa shape index (κ3) is 4.13. The Hall–Kier alpha value is -1.23. The molecule has 0 spiro atoms. The number of hydrogen-bond acceptors (Lipinski definition) is 2. The average molecular weight is 273 g/mol. The van der Waals surface area contributed by atoms with Gasteiger partial charge in [-0.3, -0.25) is 0 Å². The highest BCUT2D eigenvalue weighted by Crippen LogP contribution is 2.38. The lowest BCUT2D eigenvalue weighted by Crippen LogP contribution is -2.12. The second-order valence-corrected chi connectivity index (χ2v) is 4.94. The summed E-state index contributed by atoms with van der Waals surface area (Å²) >= 11 is 0.